The highest BCUT2D eigenvalue weighted by Crippen LogP contribution is 2.10. The van der Waals surface area contributed by atoms with Crippen molar-refractivity contribution in [3.8, 4) is 11.8 Å². The first-order valence-corrected chi connectivity index (χ1v) is 8.47. The first-order valence-electron chi connectivity index (χ1n) is 8.47. The van der Waals surface area contributed by atoms with Gasteiger partial charge in [0.1, 0.15) is 5.69 Å². The average molecular weight is 337 g/mol. The Morgan fingerprint density at radius 3 is 2.68 bits per heavy atom. The Balaban J connectivity index is 2.22. The maximum Gasteiger partial charge on any atom is 0.356 e. The molecule has 0 unspecified atom stereocenters. The zero-order chi connectivity index (χ0) is 18.1. The molecule has 0 atom stereocenters. The Morgan fingerprint density at radius 2 is 1.96 bits per heavy atom. The lowest BCUT2D eigenvalue weighted by atomic mass is 10.0. The minimum Gasteiger partial charge on any atom is -0.464 e. The SMILES string of the molecule is CCCCCc1cccc(C#Cc2cc(CO)nc(C(=O)OC)c2)c1. The van der Waals surface area contributed by atoms with Crippen molar-refractivity contribution in [2.24, 2.45) is 0 Å². The Bertz CT molecular complexity index is 787. The van der Waals surface area contributed by atoms with Crippen LogP contribution in [0.15, 0.2) is 36.4 Å². The maximum absolute atomic E-state index is 11.7. The minimum absolute atomic E-state index is 0.145. The summed E-state index contributed by atoms with van der Waals surface area (Å²) in [4.78, 5) is 15.7. The van der Waals surface area contributed by atoms with Gasteiger partial charge in [0.2, 0.25) is 0 Å². The predicted octanol–water partition coefficient (Wildman–Crippen LogP) is 3.49. The molecule has 130 valence electrons. The van der Waals surface area contributed by atoms with E-state index in [4.69, 9.17) is 0 Å². The summed E-state index contributed by atoms with van der Waals surface area (Å²) < 4.78 is 4.68. The second-order valence-corrected chi connectivity index (χ2v) is 5.79. The van der Waals surface area contributed by atoms with E-state index in [1.165, 1.54) is 31.9 Å². The quantitative estimate of drug-likeness (QED) is 0.498. The molecule has 0 radical (unpaired) electrons. The van der Waals surface area contributed by atoms with Crippen LogP contribution in [0.5, 0.6) is 0 Å². The highest BCUT2D eigenvalue weighted by atomic mass is 16.5. The number of ether oxygens (including phenoxy) is 1. The number of hydrogen-bond donors (Lipinski definition) is 1. The highest BCUT2D eigenvalue weighted by molar-refractivity contribution is 5.87. The van der Waals surface area contributed by atoms with Gasteiger partial charge >= 0.3 is 5.97 Å². The summed E-state index contributed by atoms with van der Waals surface area (Å²) in [6.07, 6.45) is 4.67. The molecule has 0 amide bonds. The number of carbonyl (C=O) groups is 1. The van der Waals surface area contributed by atoms with Gasteiger partial charge in [0.25, 0.3) is 0 Å². The van der Waals surface area contributed by atoms with Crippen LogP contribution in [0.25, 0.3) is 0 Å². The molecule has 0 aliphatic heterocycles. The summed E-state index contributed by atoms with van der Waals surface area (Å²) >= 11 is 0. The zero-order valence-electron chi connectivity index (χ0n) is 14.7. The van der Waals surface area contributed by atoms with Crippen LogP contribution in [-0.4, -0.2) is 23.2 Å². The first kappa shape index (κ1) is 18.7. The van der Waals surface area contributed by atoms with Crippen LogP contribution in [0.3, 0.4) is 0 Å². The monoisotopic (exact) mass is 337 g/mol. The van der Waals surface area contributed by atoms with E-state index in [1.54, 1.807) is 12.1 Å². The van der Waals surface area contributed by atoms with Crippen LogP contribution in [0, 0.1) is 11.8 Å². The molecule has 4 heteroatoms. The number of hydrogen-bond acceptors (Lipinski definition) is 4. The normalized spacial score (nSPS) is 10.0. The minimum atomic E-state index is -0.545. The zero-order valence-corrected chi connectivity index (χ0v) is 14.7. The molecule has 0 fully saturated rings. The molecular formula is C21H23NO3. The van der Waals surface area contributed by atoms with E-state index in [1.807, 2.05) is 12.1 Å². The third-order valence-corrected chi connectivity index (χ3v) is 3.78. The van der Waals surface area contributed by atoms with Gasteiger partial charge in [0.15, 0.2) is 0 Å². The molecule has 1 heterocycles. The number of unbranched alkanes of at least 4 members (excludes halogenated alkanes) is 2. The molecule has 1 aromatic heterocycles. The van der Waals surface area contributed by atoms with Crippen LogP contribution in [-0.2, 0) is 17.8 Å². The van der Waals surface area contributed by atoms with Gasteiger partial charge in [0.05, 0.1) is 19.4 Å². The molecule has 0 aliphatic rings. The molecule has 0 aliphatic carbocycles. The van der Waals surface area contributed by atoms with E-state index in [-0.39, 0.29) is 12.3 Å². The van der Waals surface area contributed by atoms with Gasteiger partial charge in [-0.3, -0.25) is 0 Å². The van der Waals surface area contributed by atoms with Crippen molar-refractivity contribution in [1.82, 2.24) is 4.98 Å². The maximum atomic E-state index is 11.7. The molecule has 4 nitrogen and oxygen atoms in total. The number of methoxy groups -OCH3 is 1. The van der Waals surface area contributed by atoms with Crippen molar-refractivity contribution in [3.63, 3.8) is 0 Å². The molecule has 2 rings (SSSR count). The van der Waals surface area contributed by atoms with Crippen LogP contribution in [0.4, 0.5) is 0 Å². The van der Waals surface area contributed by atoms with E-state index in [9.17, 15) is 9.90 Å². The fraction of sp³-hybridized carbons (Fsp3) is 0.333. The molecule has 0 saturated heterocycles. The molecular weight excluding hydrogens is 314 g/mol. The Morgan fingerprint density at radius 1 is 1.16 bits per heavy atom. The number of aliphatic hydroxyl groups excluding tert-OH is 1. The second-order valence-electron chi connectivity index (χ2n) is 5.79. The van der Waals surface area contributed by atoms with Gasteiger partial charge in [0, 0.05) is 11.1 Å². The predicted molar refractivity (Wildman–Crippen MR) is 97.2 cm³/mol. The van der Waals surface area contributed by atoms with Crippen LogP contribution < -0.4 is 0 Å². The number of rotatable bonds is 6. The van der Waals surface area contributed by atoms with Crippen LogP contribution >= 0.6 is 0 Å². The van der Waals surface area contributed by atoms with Crippen LogP contribution in [0.1, 0.15) is 59.1 Å². The van der Waals surface area contributed by atoms with Crippen molar-refractivity contribution < 1.29 is 14.6 Å². The number of nitrogens with zero attached hydrogens (tertiary/aromatic N) is 1. The number of carbonyl (C=O) groups excluding carboxylic acids is 1. The number of pyridine rings is 1. The molecule has 0 bridgehead atoms. The molecule has 0 spiro atoms. The lowest BCUT2D eigenvalue weighted by molar-refractivity contribution is 0.0593. The van der Waals surface area contributed by atoms with Crippen molar-refractivity contribution >= 4 is 5.97 Å². The van der Waals surface area contributed by atoms with E-state index in [0.29, 0.717) is 11.3 Å². The summed E-state index contributed by atoms with van der Waals surface area (Å²) in [6.45, 7) is 1.94. The summed E-state index contributed by atoms with van der Waals surface area (Å²) in [6, 6.07) is 11.4. The average Bonchev–Trinajstić information content (AvgIpc) is 2.66. The Labute approximate surface area is 148 Å². The molecule has 25 heavy (non-hydrogen) atoms. The Kier molecular flexibility index (Phi) is 7.18. The standard InChI is InChI=1S/C21H23NO3/c1-3-4-5-7-16-8-6-9-17(12-16)10-11-18-13-19(15-23)22-20(14-18)21(24)25-2/h6,8-9,12-14,23H,3-5,7,15H2,1-2H3. The van der Waals surface area contributed by atoms with Gasteiger partial charge in [-0.1, -0.05) is 43.7 Å². The smallest absolute Gasteiger partial charge is 0.356 e. The van der Waals surface area contributed by atoms with E-state index in [0.717, 1.165) is 12.0 Å². The van der Waals surface area contributed by atoms with Crippen molar-refractivity contribution in [2.45, 2.75) is 39.2 Å². The highest BCUT2D eigenvalue weighted by Gasteiger charge is 2.09. The molecule has 1 N–H and O–H groups in total. The lowest BCUT2D eigenvalue weighted by Gasteiger charge is -2.03. The third kappa shape index (κ3) is 5.74. The third-order valence-electron chi connectivity index (χ3n) is 3.78. The summed E-state index contributed by atoms with van der Waals surface area (Å²) in [5.74, 6) is 5.61. The first-order chi connectivity index (χ1) is 12.2. The summed E-state index contributed by atoms with van der Waals surface area (Å²) in [5.41, 5.74) is 3.36. The lowest BCUT2D eigenvalue weighted by Crippen LogP contribution is -2.07. The molecule has 2 aromatic rings. The largest absolute Gasteiger partial charge is 0.464 e. The number of esters is 1. The summed E-state index contributed by atoms with van der Waals surface area (Å²) in [7, 11) is 1.30. The fourth-order valence-corrected chi connectivity index (χ4v) is 2.48. The summed E-state index contributed by atoms with van der Waals surface area (Å²) in [5, 5.41) is 9.30. The topological polar surface area (TPSA) is 59.4 Å². The fourth-order valence-electron chi connectivity index (χ4n) is 2.48. The van der Waals surface area contributed by atoms with Gasteiger partial charge in [-0.15, -0.1) is 0 Å². The van der Waals surface area contributed by atoms with E-state index >= 15 is 0 Å². The Hall–Kier alpha value is -2.64. The molecule has 0 saturated carbocycles. The second kappa shape index (κ2) is 9.61. The number of aryl methyl sites for hydroxylation is 1. The van der Waals surface area contributed by atoms with Gasteiger partial charge in [-0.05, 0) is 42.7 Å². The van der Waals surface area contributed by atoms with Gasteiger partial charge in [-0.25, -0.2) is 9.78 Å². The van der Waals surface area contributed by atoms with Crippen molar-refractivity contribution in [1.29, 1.82) is 0 Å². The van der Waals surface area contributed by atoms with Gasteiger partial charge < -0.3 is 9.84 Å². The number of aromatic nitrogens is 1. The van der Waals surface area contributed by atoms with E-state index in [2.05, 4.69) is 40.6 Å². The van der Waals surface area contributed by atoms with E-state index < -0.39 is 5.97 Å². The molecule has 1 aromatic carbocycles. The van der Waals surface area contributed by atoms with Crippen LogP contribution in [0.2, 0.25) is 0 Å². The van der Waals surface area contributed by atoms with Crippen molar-refractivity contribution in [2.75, 3.05) is 7.11 Å². The van der Waals surface area contributed by atoms with Crippen molar-refractivity contribution in [3.05, 3.63) is 64.5 Å². The number of benzene rings is 1. The number of aliphatic hydroxyl groups is 1. The van der Waals surface area contributed by atoms with Gasteiger partial charge in [-0.2, -0.15) is 0 Å².